The van der Waals surface area contributed by atoms with Gasteiger partial charge >= 0.3 is 0 Å². The Bertz CT molecular complexity index is 182. The number of hydrogen-bond donors (Lipinski definition) is 2. The van der Waals surface area contributed by atoms with Crippen LogP contribution < -0.4 is 5.32 Å². The van der Waals surface area contributed by atoms with Crippen LogP contribution >= 0.6 is 0 Å². The largest absolute Gasteiger partial charge is 0.396 e. The van der Waals surface area contributed by atoms with Crippen LogP contribution in [0.4, 0.5) is 0 Å². The van der Waals surface area contributed by atoms with E-state index in [1.807, 2.05) is 0 Å². The minimum absolute atomic E-state index is 0.330. The monoisotopic (exact) mass is 227 g/mol. The number of rotatable bonds is 6. The van der Waals surface area contributed by atoms with Crippen LogP contribution in [0.3, 0.4) is 0 Å². The van der Waals surface area contributed by atoms with E-state index in [1.165, 1.54) is 19.3 Å². The summed E-state index contributed by atoms with van der Waals surface area (Å²) in [5.41, 5.74) is 0. The lowest BCUT2D eigenvalue weighted by Gasteiger charge is -2.38. The van der Waals surface area contributed by atoms with Gasteiger partial charge in [0.05, 0.1) is 0 Å². The van der Waals surface area contributed by atoms with E-state index in [0.717, 1.165) is 37.1 Å². The van der Waals surface area contributed by atoms with Crippen molar-refractivity contribution in [3.63, 3.8) is 0 Å². The Hall–Kier alpha value is -0.0800. The van der Waals surface area contributed by atoms with Gasteiger partial charge in [-0.1, -0.05) is 27.2 Å². The zero-order valence-corrected chi connectivity index (χ0v) is 11.2. The van der Waals surface area contributed by atoms with Gasteiger partial charge in [-0.25, -0.2) is 0 Å². The van der Waals surface area contributed by atoms with Crippen LogP contribution in [0.2, 0.25) is 0 Å². The maximum absolute atomic E-state index is 8.76. The summed E-state index contributed by atoms with van der Waals surface area (Å²) in [5, 5.41) is 12.5. The molecule has 0 aliphatic heterocycles. The van der Waals surface area contributed by atoms with Crippen LogP contribution in [0, 0.1) is 17.8 Å². The van der Waals surface area contributed by atoms with Crippen LogP contribution in [-0.2, 0) is 0 Å². The Morgan fingerprint density at radius 3 is 2.62 bits per heavy atom. The fraction of sp³-hybridized carbons (Fsp3) is 1.00. The van der Waals surface area contributed by atoms with E-state index in [1.54, 1.807) is 0 Å². The Morgan fingerprint density at radius 1 is 1.25 bits per heavy atom. The highest BCUT2D eigenvalue weighted by Crippen LogP contribution is 2.33. The van der Waals surface area contributed by atoms with E-state index in [0.29, 0.717) is 12.6 Å². The molecule has 1 aliphatic carbocycles. The minimum atomic E-state index is 0.330. The third-order valence-electron chi connectivity index (χ3n) is 4.01. The molecule has 2 nitrogen and oxygen atoms in total. The summed E-state index contributed by atoms with van der Waals surface area (Å²) in [5.74, 6) is 2.53. The Labute approximate surface area is 101 Å². The average Bonchev–Trinajstić information content (AvgIpc) is 2.24. The quantitative estimate of drug-likeness (QED) is 0.684. The van der Waals surface area contributed by atoms with Gasteiger partial charge in [0.2, 0.25) is 0 Å². The van der Waals surface area contributed by atoms with E-state index in [4.69, 9.17) is 5.11 Å². The second-order valence-corrected chi connectivity index (χ2v) is 5.82. The first-order valence-corrected chi connectivity index (χ1v) is 6.99. The van der Waals surface area contributed by atoms with Crippen LogP contribution in [0.1, 0.15) is 52.9 Å². The molecule has 0 aromatic carbocycles. The van der Waals surface area contributed by atoms with Gasteiger partial charge in [-0.2, -0.15) is 0 Å². The molecule has 0 heterocycles. The van der Waals surface area contributed by atoms with E-state index < -0.39 is 0 Å². The topological polar surface area (TPSA) is 32.3 Å². The van der Waals surface area contributed by atoms with Crippen LogP contribution in [0.25, 0.3) is 0 Å². The molecular weight excluding hydrogens is 198 g/mol. The molecule has 0 radical (unpaired) electrons. The zero-order chi connectivity index (χ0) is 12.0. The van der Waals surface area contributed by atoms with Crippen molar-refractivity contribution >= 4 is 0 Å². The molecule has 0 amide bonds. The SMILES string of the molecule is CC1CCC(C(C)C)C(NCCCCO)C1. The van der Waals surface area contributed by atoms with Crippen molar-refractivity contribution < 1.29 is 5.11 Å². The Morgan fingerprint density at radius 2 is 2.00 bits per heavy atom. The molecule has 16 heavy (non-hydrogen) atoms. The first kappa shape index (κ1) is 14.0. The van der Waals surface area contributed by atoms with Gasteiger partial charge < -0.3 is 10.4 Å². The fourth-order valence-corrected chi connectivity index (χ4v) is 2.96. The molecule has 0 spiro atoms. The third kappa shape index (κ3) is 4.42. The third-order valence-corrected chi connectivity index (χ3v) is 4.01. The van der Waals surface area contributed by atoms with Crippen molar-refractivity contribution in [2.24, 2.45) is 17.8 Å². The summed E-state index contributed by atoms with van der Waals surface area (Å²) in [6, 6.07) is 0.711. The average molecular weight is 227 g/mol. The first-order chi connectivity index (χ1) is 7.65. The van der Waals surface area contributed by atoms with Gasteiger partial charge in [0.1, 0.15) is 0 Å². The van der Waals surface area contributed by atoms with Crippen molar-refractivity contribution in [1.29, 1.82) is 0 Å². The summed E-state index contributed by atoms with van der Waals surface area (Å²) >= 11 is 0. The van der Waals surface area contributed by atoms with Gasteiger partial charge in [0, 0.05) is 12.6 Å². The van der Waals surface area contributed by atoms with Gasteiger partial charge in [-0.05, 0) is 50.0 Å². The normalized spacial score (nSPS) is 30.9. The number of unbranched alkanes of at least 4 members (excludes halogenated alkanes) is 1. The second-order valence-electron chi connectivity index (χ2n) is 5.82. The standard InChI is InChI=1S/C14H29NO/c1-11(2)13-7-6-12(3)10-14(13)15-8-4-5-9-16/h11-16H,4-10H2,1-3H3. The summed E-state index contributed by atoms with van der Waals surface area (Å²) in [6.07, 6.45) is 6.16. The lowest BCUT2D eigenvalue weighted by atomic mass is 9.74. The number of hydrogen-bond acceptors (Lipinski definition) is 2. The highest BCUT2D eigenvalue weighted by atomic mass is 16.2. The van der Waals surface area contributed by atoms with Crippen LogP contribution in [-0.4, -0.2) is 24.3 Å². The molecule has 0 aromatic rings. The molecule has 2 N–H and O–H groups in total. The molecule has 1 aliphatic rings. The highest BCUT2D eigenvalue weighted by Gasteiger charge is 2.29. The molecule has 96 valence electrons. The number of nitrogens with one attached hydrogen (secondary N) is 1. The lowest BCUT2D eigenvalue weighted by molar-refractivity contribution is 0.169. The Kier molecular flexibility index (Phi) is 6.37. The molecule has 0 saturated heterocycles. The predicted octanol–water partition coefficient (Wildman–Crippen LogP) is 2.81. The van der Waals surface area contributed by atoms with Crippen molar-refractivity contribution in [2.75, 3.05) is 13.2 Å². The van der Waals surface area contributed by atoms with Gasteiger partial charge in [-0.3, -0.25) is 0 Å². The maximum atomic E-state index is 8.76. The number of aliphatic hydroxyl groups excluding tert-OH is 1. The van der Waals surface area contributed by atoms with Gasteiger partial charge in [-0.15, -0.1) is 0 Å². The molecule has 3 atom stereocenters. The highest BCUT2D eigenvalue weighted by molar-refractivity contribution is 4.85. The van der Waals surface area contributed by atoms with E-state index in [2.05, 4.69) is 26.1 Å². The van der Waals surface area contributed by atoms with E-state index >= 15 is 0 Å². The Balaban J connectivity index is 2.33. The smallest absolute Gasteiger partial charge is 0.0431 e. The van der Waals surface area contributed by atoms with Gasteiger partial charge in [0.25, 0.3) is 0 Å². The lowest BCUT2D eigenvalue weighted by Crippen LogP contribution is -2.43. The fourth-order valence-electron chi connectivity index (χ4n) is 2.96. The first-order valence-electron chi connectivity index (χ1n) is 6.99. The molecule has 0 aromatic heterocycles. The number of aliphatic hydroxyl groups is 1. The van der Waals surface area contributed by atoms with Crippen LogP contribution in [0.5, 0.6) is 0 Å². The molecule has 1 rings (SSSR count). The van der Waals surface area contributed by atoms with Crippen molar-refractivity contribution in [1.82, 2.24) is 5.32 Å². The molecule has 3 unspecified atom stereocenters. The maximum Gasteiger partial charge on any atom is 0.0431 e. The van der Waals surface area contributed by atoms with Crippen molar-refractivity contribution in [3.05, 3.63) is 0 Å². The van der Waals surface area contributed by atoms with E-state index in [9.17, 15) is 0 Å². The van der Waals surface area contributed by atoms with E-state index in [-0.39, 0.29) is 0 Å². The molecular formula is C14H29NO. The second kappa shape index (κ2) is 7.29. The summed E-state index contributed by atoms with van der Waals surface area (Å²) in [4.78, 5) is 0. The minimum Gasteiger partial charge on any atom is -0.396 e. The zero-order valence-electron chi connectivity index (χ0n) is 11.2. The summed E-state index contributed by atoms with van der Waals surface area (Å²) in [6.45, 7) is 8.47. The summed E-state index contributed by atoms with van der Waals surface area (Å²) < 4.78 is 0. The predicted molar refractivity (Wildman–Crippen MR) is 69.5 cm³/mol. The molecule has 1 fully saturated rings. The summed E-state index contributed by atoms with van der Waals surface area (Å²) in [7, 11) is 0. The van der Waals surface area contributed by atoms with Crippen molar-refractivity contribution in [3.8, 4) is 0 Å². The molecule has 1 saturated carbocycles. The molecule has 0 bridgehead atoms. The van der Waals surface area contributed by atoms with Crippen molar-refractivity contribution in [2.45, 2.75) is 58.9 Å². The van der Waals surface area contributed by atoms with Crippen LogP contribution in [0.15, 0.2) is 0 Å². The van der Waals surface area contributed by atoms with Gasteiger partial charge in [0.15, 0.2) is 0 Å². The molecule has 2 heteroatoms.